The summed E-state index contributed by atoms with van der Waals surface area (Å²) >= 11 is 0. The lowest BCUT2D eigenvalue weighted by Crippen LogP contribution is -2.57. The molecule has 2 heterocycles. The summed E-state index contributed by atoms with van der Waals surface area (Å²) in [6.07, 6.45) is 0.0463. The summed E-state index contributed by atoms with van der Waals surface area (Å²) in [6.45, 7) is 17.6. The number of aliphatic hydroxyl groups is 1. The molecule has 2 fully saturated rings. The maximum absolute atomic E-state index is 13.5. The highest BCUT2D eigenvalue weighted by molar-refractivity contribution is 5.83. The van der Waals surface area contributed by atoms with Crippen LogP contribution in [0.1, 0.15) is 88.0 Å². The van der Waals surface area contributed by atoms with Crippen molar-refractivity contribution in [1.82, 2.24) is 4.90 Å². The largest absolute Gasteiger partial charge is 0.462 e. The van der Waals surface area contributed by atoms with Crippen LogP contribution < -0.4 is 0 Å². The van der Waals surface area contributed by atoms with Gasteiger partial charge in [0.2, 0.25) is 0 Å². The Hall–Kier alpha value is -1.06. The van der Waals surface area contributed by atoms with Gasteiger partial charge in [-0.1, -0.05) is 41.5 Å². The molecule has 0 radical (unpaired) electrons. The summed E-state index contributed by atoms with van der Waals surface area (Å²) in [5.74, 6) is -1.93. The zero-order chi connectivity index (χ0) is 29.8. The Kier molecular flexibility index (Phi) is 12.4. The van der Waals surface area contributed by atoms with E-state index in [0.29, 0.717) is 19.3 Å². The number of ketones is 1. The predicted molar refractivity (Wildman–Crippen MR) is 152 cm³/mol. The van der Waals surface area contributed by atoms with Crippen molar-refractivity contribution >= 4 is 11.8 Å². The number of Topliss-reactive ketones (excluding diaryl/α,β-unsaturated/α-hetero) is 1. The van der Waals surface area contributed by atoms with Crippen LogP contribution in [0.2, 0.25) is 0 Å². The van der Waals surface area contributed by atoms with Gasteiger partial charge in [0.05, 0.1) is 29.8 Å². The Bertz CT molecular complexity index is 806. The molecule has 0 aromatic heterocycles. The summed E-state index contributed by atoms with van der Waals surface area (Å²) < 4.78 is 25.2. The number of aliphatic hydroxyl groups excluding tert-OH is 1. The molecule has 0 aromatic carbocycles. The van der Waals surface area contributed by atoms with Crippen LogP contribution >= 0.6 is 0 Å². The Morgan fingerprint density at radius 2 is 1.62 bits per heavy atom. The third-order valence-corrected chi connectivity index (χ3v) is 9.60. The maximum Gasteiger partial charge on any atom is 0.311 e. The van der Waals surface area contributed by atoms with E-state index >= 15 is 0 Å². The number of esters is 1. The van der Waals surface area contributed by atoms with Crippen molar-refractivity contribution in [3.63, 3.8) is 0 Å². The van der Waals surface area contributed by atoms with E-state index in [-0.39, 0.29) is 47.7 Å². The second-order valence-corrected chi connectivity index (χ2v) is 13.2. The van der Waals surface area contributed by atoms with Crippen LogP contribution in [0.3, 0.4) is 0 Å². The van der Waals surface area contributed by atoms with Crippen molar-refractivity contribution < 1.29 is 33.6 Å². The summed E-state index contributed by atoms with van der Waals surface area (Å²) in [7, 11) is 5.76. The molecule has 1 N–H and O–H groups in total. The van der Waals surface area contributed by atoms with E-state index in [0.717, 1.165) is 6.42 Å². The minimum atomic E-state index is -1.04. The molecule has 0 saturated carbocycles. The lowest BCUT2D eigenvalue weighted by molar-refractivity contribution is -0.287. The van der Waals surface area contributed by atoms with Crippen LogP contribution in [0, 0.1) is 35.5 Å². The van der Waals surface area contributed by atoms with E-state index < -0.39 is 41.9 Å². The number of carbonyl (C=O) groups is 2. The van der Waals surface area contributed by atoms with E-state index in [1.54, 1.807) is 14.0 Å². The third-order valence-electron chi connectivity index (χ3n) is 9.60. The molecule has 228 valence electrons. The van der Waals surface area contributed by atoms with Crippen LogP contribution in [0.25, 0.3) is 0 Å². The minimum absolute atomic E-state index is 0.00522. The van der Waals surface area contributed by atoms with Crippen LogP contribution in [0.4, 0.5) is 0 Å². The molecule has 2 saturated heterocycles. The van der Waals surface area contributed by atoms with Crippen LogP contribution in [-0.2, 0) is 28.5 Å². The van der Waals surface area contributed by atoms with Gasteiger partial charge in [0, 0.05) is 36.8 Å². The normalized spacial score (nSPS) is 45.6. The number of methoxy groups -OCH3 is 1. The van der Waals surface area contributed by atoms with Gasteiger partial charge in [-0.05, 0) is 66.5 Å². The average Bonchev–Trinajstić information content (AvgIpc) is 2.88. The minimum Gasteiger partial charge on any atom is -0.462 e. The number of nitrogens with zero attached hydrogens (tertiary/aromatic N) is 1. The molecule has 0 aromatic rings. The van der Waals surface area contributed by atoms with E-state index in [4.69, 9.17) is 18.9 Å². The number of hydrogen-bond donors (Lipinski definition) is 1. The maximum atomic E-state index is 13.5. The number of cyclic esters (lactones) is 1. The molecule has 4 unspecified atom stereocenters. The quantitative estimate of drug-likeness (QED) is 0.488. The average molecular weight is 556 g/mol. The molecule has 2 rings (SSSR count). The molecular weight excluding hydrogens is 498 g/mol. The summed E-state index contributed by atoms with van der Waals surface area (Å²) in [4.78, 5) is 29.0. The molecule has 0 bridgehead atoms. The Morgan fingerprint density at radius 1 is 1.00 bits per heavy atom. The molecule has 8 heteroatoms. The first-order valence-electron chi connectivity index (χ1n) is 15.0. The first kappa shape index (κ1) is 34.1. The highest BCUT2D eigenvalue weighted by Crippen LogP contribution is 2.39. The van der Waals surface area contributed by atoms with Crippen molar-refractivity contribution in [2.24, 2.45) is 35.5 Å². The van der Waals surface area contributed by atoms with Crippen molar-refractivity contribution in [3.8, 4) is 0 Å². The Morgan fingerprint density at radius 3 is 2.15 bits per heavy atom. The van der Waals surface area contributed by atoms with E-state index in [9.17, 15) is 14.7 Å². The van der Waals surface area contributed by atoms with Gasteiger partial charge in [-0.15, -0.1) is 0 Å². The zero-order valence-corrected chi connectivity index (χ0v) is 26.6. The lowest BCUT2D eigenvalue weighted by atomic mass is 9.75. The fourth-order valence-electron chi connectivity index (χ4n) is 6.92. The van der Waals surface area contributed by atoms with Gasteiger partial charge in [0.1, 0.15) is 11.9 Å². The Balaban J connectivity index is 2.53. The van der Waals surface area contributed by atoms with Gasteiger partial charge in [-0.25, -0.2) is 0 Å². The Labute approximate surface area is 237 Å². The van der Waals surface area contributed by atoms with Crippen LogP contribution in [0.5, 0.6) is 0 Å². The highest BCUT2D eigenvalue weighted by atomic mass is 16.7. The topological polar surface area (TPSA) is 94.5 Å². The summed E-state index contributed by atoms with van der Waals surface area (Å²) in [5.41, 5.74) is -0.919. The molecule has 13 atom stereocenters. The molecule has 0 spiro atoms. The smallest absolute Gasteiger partial charge is 0.311 e. The second kappa shape index (κ2) is 14.2. The number of rotatable bonds is 5. The third kappa shape index (κ3) is 8.03. The fraction of sp³-hybridized carbons (Fsp3) is 0.935. The van der Waals surface area contributed by atoms with Crippen LogP contribution in [-0.4, -0.2) is 85.3 Å². The van der Waals surface area contributed by atoms with Gasteiger partial charge >= 0.3 is 5.97 Å². The van der Waals surface area contributed by atoms with Gasteiger partial charge in [0.15, 0.2) is 6.29 Å². The molecule has 2 aliphatic rings. The van der Waals surface area contributed by atoms with E-state index in [2.05, 4.69) is 25.9 Å². The first-order chi connectivity index (χ1) is 18.1. The van der Waals surface area contributed by atoms with Gasteiger partial charge < -0.3 is 29.0 Å². The van der Waals surface area contributed by atoms with Crippen molar-refractivity contribution in [3.05, 3.63) is 0 Å². The SMILES string of the molecule is CC[C@H]1OC(=O)[C@H](C)[C@@H](O)[C@H](C)[C@@H](OC2OC(C)CC(N(C)C)C2C)[C@@](C)(OC)C[C@@H](C)C(=O)[C@H](C)C[C@H]1C. The molecular formula is C31H57NO7. The molecule has 8 nitrogen and oxygen atoms in total. The van der Waals surface area contributed by atoms with Crippen LogP contribution in [0.15, 0.2) is 0 Å². The van der Waals surface area contributed by atoms with Gasteiger partial charge in [0.25, 0.3) is 0 Å². The molecule has 0 amide bonds. The van der Waals surface area contributed by atoms with Crippen molar-refractivity contribution in [2.45, 2.75) is 130 Å². The highest BCUT2D eigenvalue weighted by Gasteiger charge is 2.49. The summed E-state index contributed by atoms with van der Waals surface area (Å²) in [6, 6.07) is 0.259. The van der Waals surface area contributed by atoms with Crippen molar-refractivity contribution in [1.29, 1.82) is 0 Å². The van der Waals surface area contributed by atoms with E-state index in [1.807, 2.05) is 48.5 Å². The van der Waals surface area contributed by atoms with E-state index in [1.165, 1.54) is 0 Å². The standard InChI is InChI=1S/C31H57NO7/c1-13-25-17(2)14-18(3)26(33)19(4)16-31(9,36-12)28(22(7)27(34)23(8)29(35)38-25)39-30-21(6)24(32(10)11)15-20(5)37-30/h17-25,27-28,30,34H,13-16H2,1-12H3/t17-,18-,19-,20?,21?,22+,23-,24?,25-,27+,28-,30?,31+/m1/s1. The molecule has 39 heavy (non-hydrogen) atoms. The zero-order valence-electron chi connectivity index (χ0n) is 26.6. The fourth-order valence-corrected chi connectivity index (χ4v) is 6.92. The summed E-state index contributed by atoms with van der Waals surface area (Å²) in [5, 5.41) is 11.5. The monoisotopic (exact) mass is 555 g/mol. The number of carbonyl (C=O) groups excluding carboxylic acids is 2. The van der Waals surface area contributed by atoms with Gasteiger partial charge in [-0.3, -0.25) is 9.59 Å². The first-order valence-corrected chi connectivity index (χ1v) is 15.0. The lowest BCUT2D eigenvalue weighted by Gasteiger charge is -2.48. The molecule has 0 aliphatic carbocycles. The van der Waals surface area contributed by atoms with Crippen molar-refractivity contribution in [2.75, 3.05) is 21.2 Å². The van der Waals surface area contributed by atoms with Gasteiger partial charge in [-0.2, -0.15) is 0 Å². The second-order valence-electron chi connectivity index (χ2n) is 13.2. The number of hydrogen-bond acceptors (Lipinski definition) is 8. The predicted octanol–water partition coefficient (Wildman–Crippen LogP) is 4.70. The molecule has 2 aliphatic heterocycles. The number of ether oxygens (including phenoxy) is 4.